The molecule has 2 aromatic heterocycles. The van der Waals surface area contributed by atoms with E-state index in [-0.39, 0.29) is 0 Å². The molecule has 17 heavy (non-hydrogen) atoms. The standard InChI is InChI=1S/C13H19N3O/c1-5-16-12(8-9(2)15-16)6-7-13-14-10(3)11(4)17-13/h8H,5-7H2,1-4H3. The smallest absolute Gasteiger partial charge is 0.194 e. The van der Waals surface area contributed by atoms with Crippen LogP contribution in [0.25, 0.3) is 0 Å². The monoisotopic (exact) mass is 233 g/mol. The van der Waals surface area contributed by atoms with E-state index in [1.165, 1.54) is 5.69 Å². The van der Waals surface area contributed by atoms with Crippen LogP contribution in [0.3, 0.4) is 0 Å². The van der Waals surface area contributed by atoms with Gasteiger partial charge in [-0.2, -0.15) is 5.10 Å². The predicted octanol–water partition coefficient (Wildman–Crippen LogP) is 2.60. The molecular formula is C13H19N3O. The van der Waals surface area contributed by atoms with Crippen LogP contribution in [0, 0.1) is 20.8 Å². The van der Waals surface area contributed by atoms with Crippen LogP contribution < -0.4 is 0 Å². The molecule has 92 valence electrons. The molecule has 0 amide bonds. The molecule has 4 nitrogen and oxygen atoms in total. The zero-order valence-electron chi connectivity index (χ0n) is 10.9. The summed E-state index contributed by atoms with van der Waals surface area (Å²) in [5.41, 5.74) is 3.31. The lowest BCUT2D eigenvalue weighted by molar-refractivity contribution is 0.466. The first-order valence-corrected chi connectivity index (χ1v) is 6.06. The lowest BCUT2D eigenvalue weighted by Crippen LogP contribution is -2.04. The predicted molar refractivity (Wildman–Crippen MR) is 66.0 cm³/mol. The third-order valence-electron chi connectivity index (χ3n) is 2.95. The Labute approximate surface area is 102 Å². The van der Waals surface area contributed by atoms with E-state index >= 15 is 0 Å². The first-order chi connectivity index (χ1) is 8.10. The molecule has 2 heterocycles. The fraction of sp³-hybridized carbons (Fsp3) is 0.538. The maximum absolute atomic E-state index is 5.58. The molecule has 0 aliphatic carbocycles. The number of hydrogen-bond donors (Lipinski definition) is 0. The van der Waals surface area contributed by atoms with E-state index < -0.39 is 0 Å². The second-order valence-corrected chi connectivity index (χ2v) is 4.34. The number of nitrogens with zero attached hydrogens (tertiary/aromatic N) is 3. The van der Waals surface area contributed by atoms with Gasteiger partial charge in [-0.25, -0.2) is 4.98 Å². The fourth-order valence-corrected chi connectivity index (χ4v) is 1.96. The van der Waals surface area contributed by atoms with Crippen LogP contribution >= 0.6 is 0 Å². The molecular weight excluding hydrogens is 214 g/mol. The molecule has 0 atom stereocenters. The van der Waals surface area contributed by atoms with Crippen molar-refractivity contribution in [2.45, 2.75) is 47.1 Å². The summed E-state index contributed by atoms with van der Waals surface area (Å²) in [5, 5.41) is 4.43. The molecule has 0 saturated heterocycles. The van der Waals surface area contributed by atoms with Gasteiger partial charge in [-0.1, -0.05) is 0 Å². The molecule has 0 N–H and O–H groups in total. The van der Waals surface area contributed by atoms with Gasteiger partial charge in [0.15, 0.2) is 5.89 Å². The van der Waals surface area contributed by atoms with Crippen LogP contribution in [-0.4, -0.2) is 14.8 Å². The van der Waals surface area contributed by atoms with Gasteiger partial charge in [0, 0.05) is 18.7 Å². The van der Waals surface area contributed by atoms with E-state index in [1.807, 2.05) is 25.5 Å². The van der Waals surface area contributed by atoms with Gasteiger partial charge in [0.25, 0.3) is 0 Å². The Kier molecular flexibility index (Phi) is 3.31. The molecule has 0 saturated carbocycles. The second kappa shape index (κ2) is 4.73. The number of aryl methyl sites for hydroxylation is 6. The molecule has 0 aliphatic rings. The van der Waals surface area contributed by atoms with Crippen LogP contribution in [0.5, 0.6) is 0 Å². The summed E-state index contributed by atoms with van der Waals surface area (Å²) in [4.78, 5) is 4.39. The lowest BCUT2D eigenvalue weighted by Gasteiger charge is -2.02. The Morgan fingerprint density at radius 3 is 2.59 bits per heavy atom. The molecule has 2 rings (SSSR count). The van der Waals surface area contributed by atoms with E-state index in [2.05, 4.69) is 23.1 Å². The van der Waals surface area contributed by atoms with Gasteiger partial charge >= 0.3 is 0 Å². The highest BCUT2D eigenvalue weighted by atomic mass is 16.4. The van der Waals surface area contributed by atoms with Gasteiger partial charge in [0.1, 0.15) is 5.76 Å². The minimum Gasteiger partial charge on any atom is -0.446 e. The van der Waals surface area contributed by atoms with Crippen LogP contribution in [0.15, 0.2) is 10.5 Å². The van der Waals surface area contributed by atoms with Gasteiger partial charge in [-0.15, -0.1) is 0 Å². The average Bonchev–Trinajstić information content (AvgIpc) is 2.80. The molecule has 0 unspecified atom stereocenters. The summed E-state index contributed by atoms with van der Waals surface area (Å²) in [6.45, 7) is 8.96. The van der Waals surface area contributed by atoms with Crippen LogP contribution in [-0.2, 0) is 19.4 Å². The Hall–Kier alpha value is -1.58. The summed E-state index contributed by atoms with van der Waals surface area (Å²) >= 11 is 0. The average molecular weight is 233 g/mol. The van der Waals surface area contributed by atoms with E-state index in [0.29, 0.717) is 0 Å². The van der Waals surface area contributed by atoms with Crippen molar-refractivity contribution in [2.24, 2.45) is 0 Å². The highest BCUT2D eigenvalue weighted by Gasteiger charge is 2.08. The lowest BCUT2D eigenvalue weighted by atomic mass is 10.2. The molecule has 0 radical (unpaired) electrons. The molecule has 0 bridgehead atoms. The quantitative estimate of drug-likeness (QED) is 0.815. The Bertz CT molecular complexity index is 491. The van der Waals surface area contributed by atoms with E-state index in [0.717, 1.165) is 42.4 Å². The zero-order chi connectivity index (χ0) is 12.4. The summed E-state index contributed by atoms with van der Waals surface area (Å²) in [7, 11) is 0. The van der Waals surface area contributed by atoms with Crippen molar-refractivity contribution in [3.05, 3.63) is 34.8 Å². The first-order valence-electron chi connectivity index (χ1n) is 6.06. The molecule has 2 aromatic rings. The van der Waals surface area contributed by atoms with Crippen molar-refractivity contribution in [1.29, 1.82) is 0 Å². The van der Waals surface area contributed by atoms with Crippen molar-refractivity contribution in [2.75, 3.05) is 0 Å². The van der Waals surface area contributed by atoms with Gasteiger partial charge < -0.3 is 4.42 Å². The Morgan fingerprint density at radius 2 is 2.00 bits per heavy atom. The van der Waals surface area contributed by atoms with Crippen LogP contribution in [0.4, 0.5) is 0 Å². The molecule has 0 aliphatic heterocycles. The number of aromatic nitrogens is 3. The largest absolute Gasteiger partial charge is 0.446 e. The summed E-state index contributed by atoms with van der Waals surface area (Å²) < 4.78 is 7.62. The maximum Gasteiger partial charge on any atom is 0.194 e. The highest BCUT2D eigenvalue weighted by Crippen LogP contribution is 2.12. The second-order valence-electron chi connectivity index (χ2n) is 4.34. The number of oxazole rings is 1. The summed E-state index contributed by atoms with van der Waals surface area (Å²) in [6.07, 6.45) is 1.76. The van der Waals surface area contributed by atoms with Crippen LogP contribution in [0.2, 0.25) is 0 Å². The van der Waals surface area contributed by atoms with Gasteiger partial charge in [-0.05, 0) is 40.2 Å². The van der Waals surface area contributed by atoms with Gasteiger partial charge in [0.2, 0.25) is 0 Å². The summed E-state index contributed by atoms with van der Waals surface area (Å²) in [5.74, 6) is 1.74. The highest BCUT2D eigenvalue weighted by molar-refractivity contribution is 5.11. The third-order valence-corrected chi connectivity index (χ3v) is 2.95. The number of rotatable bonds is 4. The molecule has 0 aromatic carbocycles. The number of hydrogen-bond acceptors (Lipinski definition) is 3. The van der Waals surface area contributed by atoms with E-state index in [9.17, 15) is 0 Å². The van der Waals surface area contributed by atoms with Crippen molar-refractivity contribution >= 4 is 0 Å². The Balaban J connectivity index is 2.06. The zero-order valence-corrected chi connectivity index (χ0v) is 10.9. The SMILES string of the molecule is CCn1nc(C)cc1CCc1nc(C)c(C)o1. The Morgan fingerprint density at radius 1 is 1.24 bits per heavy atom. The van der Waals surface area contributed by atoms with Gasteiger partial charge in [-0.3, -0.25) is 4.68 Å². The minimum absolute atomic E-state index is 0.821. The molecule has 0 spiro atoms. The van der Waals surface area contributed by atoms with Crippen molar-refractivity contribution < 1.29 is 4.42 Å². The van der Waals surface area contributed by atoms with Crippen molar-refractivity contribution in [3.8, 4) is 0 Å². The van der Waals surface area contributed by atoms with Crippen molar-refractivity contribution in [1.82, 2.24) is 14.8 Å². The molecule has 0 fully saturated rings. The van der Waals surface area contributed by atoms with E-state index in [4.69, 9.17) is 4.42 Å². The van der Waals surface area contributed by atoms with E-state index in [1.54, 1.807) is 0 Å². The first kappa shape index (κ1) is 11.9. The minimum atomic E-state index is 0.821. The molecule has 4 heteroatoms. The maximum atomic E-state index is 5.58. The summed E-state index contributed by atoms with van der Waals surface area (Å²) in [6, 6.07) is 2.13. The van der Waals surface area contributed by atoms with Crippen LogP contribution in [0.1, 0.15) is 35.7 Å². The normalized spacial score (nSPS) is 11.1. The fourth-order valence-electron chi connectivity index (χ4n) is 1.96. The topological polar surface area (TPSA) is 43.9 Å². The van der Waals surface area contributed by atoms with Crippen molar-refractivity contribution in [3.63, 3.8) is 0 Å². The van der Waals surface area contributed by atoms with Gasteiger partial charge in [0.05, 0.1) is 11.4 Å². The third kappa shape index (κ3) is 2.57.